The van der Waals surface area contributed by atoms with Crippen molar-refractivity contribution in [3.8, 4) is 5.75 Å². The number of guanidine groups is 1. The first-order valence-corrected chi connectivity index (χ1v) is 9.45. The zero-order valence-electron chi connectivity index (χ0n) is 16.0. The number of benzene rings is 2. The highest BCUT2D eigenvalue weighted by molar-refractivity contribution is 5.79. The van der Waals surface area contributed by atoms with E-state index >= 15 is 0 Å². The minimum Gasteiger partial charge on any atom is -0.505 e. The summed E-state index contributed by atoms with van der Waals surface area (Å²) < 4.78 is 26.4. The summed E-state index contributed by atoms with van der Waals surface area (Å²) in [6.07, 6.45) is 1.96. The van der Waals surface area contributed by atoms with Gasteiger partial charge in [-0.15, -0.1) is 0 Å². The average molecular weight is 388 g/mol. The molecule has 0 aromatic heterocycles. The number of rotatable bonds is 5. The van der Waals surface area contributed by atoms with Crippen molar-refractivity contribution in [3.63, 3.8) is 0 Å². The molecule has 2 aromatic carbocycles. The van der Waals surface area contributed by atoms with Crippen LogP contribution in [-0.2, 0) is 13.1 Å². The van der Waals surface area contributed by atoms with Gasteiger partial charge in [-0.2, -0.15) is 0 Å². The summed E-state index contributed by atoms with van der Waals surface area (Å²) in [5.74, 6) is -0.513. The first-order chi connectivity index (χ1) is 13.5. The van der Waals surface area contributed by atoms with Gasteiger partial charge >= 0.3 is 0 Å². The van der Waals surface area contributed by atoms with E-state index in [0.29, 0.717) is 18.5 Å². The summed E-state index contributed by atoms with van der Waals surface area (Å²) in [5.41, 5.74) is 1.85. The highest BCUT2D eigenvalue weighted by atomic mass is 19.1. The van der Waals surface area contributed by atoms with Crippen molar-refractivity contribution in [3.05, 3.63) is 65.2 Å². The van der Waals surface area contributed by atoms with Gasteiger partial charge in [0.1, 0.15) is 5.82 Å². The Morgan fingerprint density at radius 3 is 2.43 bits per heavy atom. The molecule has 28 heavy (non-hydrogen) atoms. The van der Waals surface area contributed by atoms with E-state index in [1.54, 1.807) is 13.1 Å². The molecule has 0 aliphatic carbocycles. The lowest BCUT2D eigenvalue weighted by atomic mass is 10.0. The number of phenolic OH excluding ortho intramolecular Hbond substituents is 1. The number of phenols is 1. The van der Waals surface area contributed by atoms with E-state index in [-0.39, 0.29) is 11.6 Å². The van der Waals surface area contributed by atoms with Gasteiger partial charge in [-0.1, -0.05) is 18.2 Å². The molecular formula is C21H26F2N4O. The minimum atomic E-state index is -0.629. The van der Waals surface area contributed by atoms with Crippen LogP contribution in [-0.4, -0.2) is 42.1 Å². The number of hydrogen-bond acceptors (Lipinski definition) is 3. The van der Waals surface area contributed by atoms with Gasteiger partial charge in [0.25, 0.3) is 0 Å². The second kappa shape index (κ2) is 9.50. The van der Waals surface area contributed by atoms with Crippen LogP contribution in [0.3, 0.4) is 0 Å². The van der Waals surface area contributed by atoms with E-state index in [2.05, 4.69) is 20.5 Å². The van der Waals surface area contributed by atoms with Crippen LogP contribution in [0.1, 0.15) is 24.0 Å². The largest absolute Gasteiger partial charge is 0.505 e. The predicted molar refractivity (Wildman–Crippen MR) is 106 cm³/mol. The summed E-state index contributed by atoms with van der Waals surface area (Å²) in [6.45, 7) is 3.15. The fourth-order valence-electron chi connectivity index (χ4n) is 3.32. The number of nitrogens with one attached hydrogen (secondary N) is 2. The molecule has 0 spiro atoms. The number of aromatic hydroxyl groups is 1. The highest BCUT2D eigenvalue weighted by Gasteiger charge is 2.20. The van der Waals surface area contributed by atoms with Gasteiger partial charge < -0.3 is 15.7 Å². The Bertz CT molecular complexity index is 803. The molecule has 0 saturated carbocycles. The van der Waals surface area contributed by atoms with Crippen molar-refractivity contribution >= 4 is 5.96 Å². The Balaban J connectivity index is 1.43. The Kier molecular flexibility index (Phi) is 6.81. The van der Waals surface area contributed by atoms with Crippen LogP contribution < -0.4 is 10.6 Å². The molecule has 1 aliphatic rings. The Morgan fingerprint density at radius 2 is 1.79 bits per heavy atom. The van der Waals surface area contributed by atoms with E-state index in [4.69, 9.17) is 0 Å². The number of halogens is 2. The van der Waals surface area contributed by atoms with Gasteiger partial charge in [-0.3, -0.25) is 9.89 Å². The fourth-order valence-corrected chi connectivity index (χ4v) is 3.32. The molecule has 1 fully saturated rings. The second-order valence-electron chi connectivity index (χ2n) is 7.03. The van der Waals surface area contributed by atoms with E-state index in [1.165, 1.54) is 24.3 Å². The lowest BCUT2D eigenvalue weighted by Gasteiger charge is -2.33. The summed E-state index contributed by atoms with van der Waals surface area (Å²) in [7, 11) is 1.70. The van der Waals surface area contributed by atoms with Crippen LogP contribution in [0.25, 0.3) is 0 Å². The normalized spacial score (nSPS) is 16.2. The Morgan fingerprint density at radius 1 is 1.11 bits per heavy atom. The summed E-state index contributed by atoms with van der Waals surface area (Å²) in [5, 5.41) is 15.8. The molecule has 0 radical (unpaired) electrons. The van der Waals surface area contributed by atoms with Gasteiger partial charge in [-0.25, -0.2) is 8.78 Å². The molecule has 5 nitrogen and oxygen atoms in total. The molecule has 1 heterocycles. The topological polar surface area (TPSA) is 59.9 Å². The van der Waals surface area contributed by atoms with Crippen molar-refractivity contribution in [1.82, 2.24) is 15.5 Å². The Labute approximate surface area is 164 Å². The molecule has 0 bridgehead atoms. The number of hydrogen-bond donors (Lipinski definition) is 3. The lowest BCUT2D eigenvalue weighted by molar-refractivity contribution is 0.198. The zero-order chi connectivity index (χ0) is 19.9. The SMILES string of the molecule is CN=C(NCc1ccc(O)c(F)c1)NC1CCN(Cc2ccc(F)cc2)CC1. The number of piperidine rings is 1. The maximum absolute atomic E-state index is 13.4. The van der Waals surface area contributed by atoms with Gasteiger partial charge in [0.15, 0.2) is 17.5 Å². The van der Waals surface area contributed by atoms with E-state index in [1.807, 2.05) is 12.1 Å². The number of aliphatic imine (C=N–C) groups is 1. The van der Waals surface area contributed by atoms with Gasteiger partial charge in [0, 0.05) is 39.3 Å². The Hall–Kier alpha value is -2.67. The maximum atomic E-state index is 13.4. The molecule has 1 saturated heterocycles. The van der Waals surface area contributed by atoms with Gasteiger partial charge in [0.05, 0.1) is 0 Å². The minimum absolute atomic E-state index is 0.208. The smallest absolute Gasteiger partial charge is 0.191 e. The standard InChI is InChI=1S/C21H26F2N4O/c1-24-21(25-13-16-4-7-20(28)19(23)12-16)26-18-8-10-27(11-9-18)14-15-2-5-17(22)6-3-15/h2-7,12,18,28H,8-11,13-14H2,1H3,(H2,24,25,26). The fraction of sp³-hybridized carbons (Fsp3) is 0.381. The van der Waals surface area contributed by atoms with Crippen molar-refractivity contribution < 1.29 is 13.9 Å². The monoisotopic (exact) mass is 388 g/mol. The molecule has 3 N–H and O–H groups in total. The third kappa shape index (κ3) is 5.66. The average Bonchev–Trinajstić information content (AvgIpc) is 2.70. The highest BCUT2D eigenvalue weighted by Crippen LogP contribution is 2.16. The molecule has 0 unspecified atom stereocenters. The van der Waals surface area contributed by atoms with Crippen LogP contribution in [0, 0.1) is 11.6 Å². The molecule has 3 rings (SSSR count). The zero-order valence-corrected chi connectivity index (χ0v) is 16.0. The quantitative estimate of drug-likeness (QED) is 0.544. The lowest BCUT2D eigenvalue weighted by Crippen LogP contribution is -2.48. The van der Waals surface area contributed by atoms with Crippen molar-refractivity contribution in [1.29, 1.82) is 0 Å². The van der Waals surface area contributed by atoms with Crippen molar-refractivity contribution in [2.24, 2.45) is 4.99 Å². The van der Waals surface area contributed by atoms with E-state index < -0.39 is 5.82 Å². The third-order valence-corrected chi connectivity index (χ3v) is 4.94. The van der Waals surface area contributed by atoms with Crippen LogP contribution in [0.5, 0.6) is 5.75 Å². The predicted octanol–water partition coefficient (Wildman–Crippen LogP) is 3.00. The first-order valence-electron chi connectivity index (χ1n) is 9.45. The maximum Gasteiger partial charge on any atom is 0.191 e. The van der Waals surface area contributed by atoms with E-state index in [0.717, 1.165) is 43.6 Å². The third-order valence-electron chi connectivity index (χ3n) is 4.94. The van der Waals surface area contributed by atoms with Crippen LogP contribution in [0.4, 0.5) is 8.78 Å². The van der Waals surface area contributed by atoms with Gasteiger partial charge in [0.2, 0.25) is 0 Å². The first kappa shape index (κ1) is 20.1. The molecule has 7 heteroatoms. The second-order valence-corrected chi connectivity index (χ2v) is 7.03. The van der Waals surface area contributed by atoms with Crippen LogP contribution >= 0.6 is 0 Å². The summed E-state index contributed by atoms with van der Waals surface area (Å²) in [6, 6.07) is 11.3. The van der Waals surface area contributed by atoms with E-state index in [9.17, 15) is 13.9 Å². The molecule has 1 aliphatic heterocycles. The van der Waals surface area contributed by atoms with Crippen LogP contribution in [0.2, 0.25) is 0 Å². The number of nitrogens with zero attached hydrogens (tertiary/aromatic N) is 2. The van der Waals surface area contributed by atoms with Crippen molar-refractivity contribution in [2.45, 2.75) is 32.0 Å². The summed E-state index contributed by atoms with van der Waals surface area (Å²) in [4.78, 5) is 6.60. The van der Waals surface area contributed by atoms with Crippen molar-refractivity contribution in [2.75, 3.05) is 20.1 Å². The van der Waals surface area contributed by atoms with Gasteiger partial charge in [-0.05, 0) is 48.2 Å². The van der Waals surface area contributed by atoms with Crippen LogP contribution in [0.15, 0.2) is 47.5 Å². The molecule has 2 aromatic rings. The molecule has 0 atom stereocenters. The molecular weight excluding hydrogens is 362 g/mol. The number of likely N-dealkylation sites (tertiary alicyclic amines) is 1. The summed E-state index contributed by atoms with van der Waals surface area (Å²) >= 11 is 0. The molecule has 150 valence electrons. The molecule has 0 amide bonds.